The number of halogens is 1. The van der Waals surface area contributed by atoms with E-state index in [1.54, 1.807) is 55.5 Å². The number of nitrogens with one attached hydrogen (secondary N) is 3. The lowest BCUT2D eigenvalue weighted by Gasteiger charge is -2.13. The summed E-state index contributed by atoms with van der Waals surface area (Å²) in [4.78, 5) is 15.7. The van der Waals surface area contributed by atoms with Gasteiger partial charge in [0.15, 0.2) is 0 Å². The third kappa shape index (κ3) is 4.04. The van der Waals surface area contributed by atoms with Gasteiger partial charge in [-0.1, -0.05) is 24.3 Å². The van der Waals surface area contributed by atoms with Gasteiger partial charge in [0, 0.05) is 16.6 Å². The Morgan fingerprint density at radius 1 is 0.967 bits per heavy atom. The zero-order valence-corrected chi connectivity index (χ0v) is 16.8. The van der Waals surface area contributed by atoms with Crippen LogP contribution in [-0.2, 0) is 10.0 Å². The van der Waals surface area contributed by atoms with Crippen molar-refractivity contribution in [1.82, 2.24) is 4.98 Å². The zero-order valence-electron chi connectivity index (χ0n) is 15.9. The minimum Gasteiger partial charge on any atom is -0.351 e. The molecule has 1 heterocycles. The quantitative estimate of drug-likeness (QED) is 0.436. The molecule has 0 bridgehead atoms. The third-order valence-electron chi connectivity index (χ3n) is 4.62. The van der Waals surface area contributed by atoms with Crippen LogP contribution < -0.4 is 10.0 Å². The lowest BCUT2D eigenvalue weighted by Crippen LogP contribution is -2.15. The Balaban J connectivity index is 1.57. The van der Waals surface area contributed by atoms with Crippen LogP contribution in [0.2, 0.25) is 0 Å². The Morgan fingerprint density at radius 2 is 1.73 bits per heavy atom. The molecule has 0 atom stereocenters. The maximum atomic E-state index is 13.4. The van der Waals surface area contributed by atoms with E-state index in [-0.39, 0.29) is 16.4 Å². The van der Waals surface area contributed by atoms with Gasteiger partial charge in [0.1, 0.15) is 11.5 Å². The molecule has 1 aromatic heterocycles. The highest BCUT2D eigenvalue weighted by atomic mass is 32.2. The molecule has 4 aromatic rings. The molecule has 0 fully saturated rings. The van der Waals surface area contributed by atoms with E-state index >= 15 is 0 Å². The summed E-state index contributed by atoms with van der Waals surface area (Å²) in [6.07, 6.45) is 0. The van der Waals surface area contributed by atoms with Gasteiger partial charge in [-0.05, 0) is 61.0 Å². The van der Waals surface area contributed by atoms with E-state index in [0.717, 1.165) is 0 Å². The first-order valence-electron chi connectivity index (χ1n) is 9.10. The fourth-order valence-electron chi connectivity index (χ4n) is 3.04. The molecule has 6 nitrogen and oxygen atoms in total. The van der Waals surface area contributed by atoms with E-state index < -0.39 is 15.9 Å². The second-order valence-electron chi connectivity index (χ2n) is 6.82. The van der Waals surface area contributed by atoms with Gasteiger partial charge in [-0.15, -0.1) is 0 Å². The number of H-pyrrole nitrogens is 1. The molecule has 3 N–H and O–H groups in total. The summed E-state index contributed by atoms with van der Waals surface area (Å²) < 4.78 is 41.1. The lowest BCUT2D eigenvalue weighted by molar-refractivity contribution is 0.102. The highest BCUT2D eigenvalue weighted by Crippen LogP contribution is 2.24. The summed E-state index contributed by atoms with van der Waals surface area (Å²) in [7, 11) is -3.76. The van der Waals surface area contributed by atoms with Crippen LogP contribution in [0.4, 0.5) is 15.8 Å². The Labute approximate surface area is 172 Å². The van der Waals surface area contributed by atoms with Crippen LogP contribution in [0.15, 0.2) is 77.7 Å². The molecule has 0 saturated carbocycles. The molecule has 8 heteroatoms. The first kappa shape index (κ1) is 19.7. The van der Waals surface area contributed by atoms with E-state index in [1.165, 1.54) is 24.3 Å². The SMILES string of the molecule is Cc1ccc(NC(=O)c2cc3cc(F)ccc3[nH]2)cc1NS(=O)(=O)c1ccccc1. The molecule has 0 aliphatic rings. The molecule has 0 aliphatic carbocycles. The van der Waals surface area contributed by atoms with Gasteiger partial charge in [-0.3, -0.25) is 9.52 Å². The number of carbonyl (C=O) groups excluding carboxylic acids is 1. The van der Waals surface area contributed by atoms with Crippen LogP contribution >= 0.6 is 0 Å². The minimum atomic E-state index is -3.76. The first-order chi connectivity index (χ1) is 14.3. The molecule has 0 radical (unpaired) electrons. The van der Waals surface area contributed by atoms with Crippen molar-refractivity contribution < 1.29 is 17.6 Å². The van der Waals surface area contributed by atoms with Crippen molar-refractivity contribution in [2.45, 2.75) is 11.8 Å². The van der Waals surface area contributed by atoms with Crippen LogP contribution in [-0.4, -0.2) is 19.3 Å². The van der Waals surface area contributed by atoms with E-state index in [4.69, 9.17) is 0 Å². The number of sulfonamides is 1. The van der Waals surface area contributed by atoms with E-state index in [1.807, 2.05) is 0 Å². The van der Waals surface area contributed by atoms with Gasteiger partial charge < -0.3 is 10.3 Å². The third-order valence-corrected chi connectivity index (χ3v) is 6.00. The number of aryl methyl sites for hydroxylation is 1. The first-order valence-corrected chi connectivity index (χ1v) is 10.6. The standard InChI is InChI=1S/C22H18FN3O3S/c1-14-7-9-17(13-20(14)26-30(28,29)18-5-3-2-4-6-18)24-22(27)21-12-15-11-16(23)8-10-19(15)25-21/h2-13,25-26H,1H3,(H,24,27). The number of carbonyl (C=O) groups is 1. The summed E-state index contributed by atoms with van der Waals surface area (Å²) in [5, 5.41) is 3.31. The van der Waals surface area contributed by atoms with Gasteiger partial charge in [0.2, 0.25) is 0 Å². The summed E-state index contributed by atoms with van der Waals surface area (Å²) in [6, 6.07) is 18.7. The van der Waals surface area contributed by atoms with Crippen molar-refractivity contribution in [3.05, 3.63) is 89.9 Å². The van der Waals surface area contributed by atoms with E-state index in [2.05, 4.69) is 15.0 Å². The number of anilines is 2. The summed E-state index contributed by atoms with van der Waals surface area (Å²) in [5.74, 6) is -0.810. The molecule has 152 valence electrons. The van der Waals surface area contributed by atoms with Gasteiger partial charge in [-0.2, -0.15) is 0 Å². The number of amides is 1. The number of hydrogen-bond acceptors (Lipinski definition) is 3. The number of benzene rings is 3. The molecule has 0 spiro atoms. The fraction of sp³-hybridized carbons (Fsp3) is 0.0455. The van der Waals surface area contributed by atoms with Crippen LogP contribution in [0.3, 0.4) is 0 Å². The average Bonchev–Trinajstić information content (AvgIpc) is 3.14. The van der Waals surface area contributed by atoms with Crippen molar-refractivity contribution in [2.75, 3.05) is 10.0 Å². The van der Waals surface area contributed by atoms with Crippen molar-refractivity contribution in [3.8, 4) is 0 Å². The molecular weight excluding hydrogens is 405 g/mol. The van der Waals surface area contributed by atoms with Crippen LogP contribution in [0, 0.1) is 12.7 Å². The molecule has 3 aromatic carbocycles. The molecule has 30 heavy (non-hydrogen) atoms. The second-order valence-corrected chi connectivity index (χ2v) is 8.50. The summed E-state index contributed by atoms with van der Waals surface area (Å²) in [5.41, 5.74) is 2.38. The van der Waals surface area contributed by atoms with Crippen molar-refractivity contribution in [1.29, 1.82) is 0 Å². The topological polar surface area (TPSA) is 91.1 Å². The van der Waals surface area contributed by atoms with E-state index in [0.29, 0.717) is 27.8 Å². The van der Waals surface area contributed by atoms with Crippen molar-refractivity contribution in [3.63, 3.8) is 0 Å². The predicted molar refractivity (Wildman–Crippen MR) is 115 cm³/mol. The smallest absolute Gasteiger partial charge is 0.272 e. The number of aromatic nitrogens is 1. The average molecular weight is 423 g/mol. The Morgan fingerprint density at radius 3 is 2.50 bits per heavy atom. The molecule has 0 unspecified atom stereocenters. The molecule has 1 amide bonds. The predicted octanol–water partition coefficient (Wildman–Crippen LogP) is 4.67. The lowest BCUT2D eigenvalue weighted by atomic mass is 10.2. The maximum absolute atomic E-state index is 13.4. The largest absolute Gasteiger partial charge is 0.351 e. The monoisotopic (exact) mass is 423 g/mol. The van der Waals surface area contributed by atoms with Gasteiger partial charge in [-0.25, -0.2) is 12.8 Å². The number of aromatic amines is 1. The van der Waals surface area contributed by atoms with Gasteiger partial charge >= 0.3 is 0 Å². The Hall–Kier alpha value is -3.65. The zero-order chi connectivity index (χ0) is 21.3. The van der Waals surface area contributed by atoms with E-state index in [9.17, 15) is 17.6 Å². The molecule has 0 saturated heterocycles. The van der Waals surface area contributed by atoms with Crippen molar-refractivity contribution in [2.24, 2.45) is 0 Å². The highest BCUT2D eigenvalue weighted by Gasteiger charge is 2.16. The number of hydrogen-bond donors (Lipinski definition) is 3. The van der Waals surface area contributed by atoms with Crippen LogP contribution in [0.1, 0.15) is 16.1 Å². The minimum absolute atomic E-state index is 0.143. The highest BCUT2D eigenvalue weighted by molar-refractivity contribution is 7.92. The second kappa shape index (κ2) is 7.64. The molecule has 0 aliphatic heterocycles. The number of rotatable bonds is 5. The molecule has 4 rings (SSSR count). The van der Waals surface area contributed by atoms with Crippen LogP contribution in [0.5, 0.6) is 0 Å². The molecular formula is C22H18FN3O3S. The Bertz CT molecular complexity index is 1350. The van der Waals surface area contributed by atoms with Gasteiger partial charge in [0.05, 0.1) is 10.6 Å². The summed E-state index contributed by atoms with van der Waals surface area (Å²) in [6.45, 7) is 1.76. The number of fused-ring (bicyclic) bond motifs is 1. The van der Waals surface area contributed by atoms with Gasteiger partial charge in [0.25, 0.3) is 15.9 Å². The van der Waals surface area contributed by atoms with Crippen molar-refractivity contribution >= 4 is 38.2 Å². The summed E-state index contributed by atoms with van der Waals surface area (Å²) >= 11 is 0. The van der Waals surface area contributed by atoms with Crippen LogP contribution in [0.25, 0.3) is 10.9 Å². The Kier molecular flexibility index (Phi) is 5.01. The maximum Gasteiger partial charge on any atom is 0.272 e. The normalized spacial score (nSPS) is 11.4. The fourth-order valence-corrected chi connectivity index (χ4v) is 4.18.